The molecule has 3 heterocycles. The van der Waals surface area contributed by atoms with Gasteiger partial charge in [0.1, 0.15) is 18.5 Å². The van der Waals surface area contributed by atoms with Gasteiger partial charge < -0.3 is 9.88 Å². The van der Waals surface area contributed by atoms with Crippen LogP contribution in [0.3, 0.4) is 0 Å². The lowest BCUT2D eigenvalue weighted by atomic mass is 10.2. The van der Waals surface area contributed by atoms with E-state index in [0.717, 1.165) is 36.2 Å². The van der Waals surface area contributed by atoms with Gasteiger partial charge in [-0.3, -0.25) is 9.48 Å². The molecule has 124 valence electrons. The number of carbonyl (C=O) groups is 1. The number of rotatable bonds is 4. The molecule has 7 heteroatoms. The summed E-state index contributed by atoms with van der Waals surface area (Å²) in [6, 6.07) is 6.22. The number of aromatic amines is 1. The Hall–Kier alpha value is -2.70. The van der Waals surface area contributed by atoms with Gasteiger partial charge in [0.2, 0.25) is 5.91 Å². The Kier molecular flexibility index (Phi) is 3.76. The smallest absolute Gasteiger partial charge is 0.225 e. The van der Waals surface area contributed by atoms with E-state index < -0.39 is 0 Å². The molecule has 1 unspecified atom stereocenters. The molecule has 1 N–H and O–H groups in total. The highest BCUT2D eigenvalue weighted by Crippen LogP contribution is 2.32. The van der Waals surface area contributed by atoms with Crippen LogP contribution in [0, 0.1) is 6.92 Å². The van der Waals surface area contributed by atoms with Crippen LogP contribution in [0.4, 0.5) is 0 Å². The SMILES string of the molecule is Cc1ccc2nc(C3CCCN3C(=O)CCn3cncn3)[nH]c2c1. The van der Waals surface area contributed by atoms with Crippen LogP contribution in [-0.4, -0.2) is 42.1 Å². The molecule has 0 bridgehead atoms. The lowest BCUT2D eigenvalue weighted by Crippen LogP contribution is -2.31. The van der Waals surface area contributed by atoms with Crippen molar-refractivity contribution in [1.82, 2.24) is 29.6 Å². The number of hydrogen-bond donors (Lipinski definition) is 1. The Morgan fingerprint density at radius 1 is 1.42 bits per heavy atom. The van der Waals surface area contributed by atoms with E-state index in [1.807, 2.05) is 11.0 Å². The molecule has 0 aliphatic carbocycles. The summed E-state index contributed by atoms with van der Waals surface area (Å²) in [5, 5.41) is 4.05. The molecule has 1 amide bonds. The molecular formula is C17H20N6O. The number of nitrogens with one attached hydrogen (secondary N) is 1. The van der Waals surface area contributed by atoms with Crippen molar-refractivity contribution in [2.24, 2.45) is 0 Å². The van der Waals surface area contributed by atoms with Gasteiger partial charge in [-0.05, 0) is 37.5 Å². The van der Waals surface area contributed by atoms with Crippen LogP contribution < -0.4 is 0 Å². The molecule has 4 rings (SSSR count). The second kappa shape index (κ2) is 6.07. The number of fused-ring (bicyclic) bond motifs is 1. The molecule has 24 heavy (non-hydrogen) atoms. The van der Waals surface area contributed by atoms with E-state index in [1.165, 1.54) is 11.9 Å². The molecular weight excluding hydrogens is 304 g/mol. The molecule has 1 atom stereocenters. The Labute approximate surface area is 139 Å². The molecule has 0 saturated carbocycles. The van der Waals surface area contributed by atoms with Gasteiger partial charge in [-0.2, -0.15) is 5.10 Å². The summed E-state index contributed by atoms with van der Waals surface area (Å²) < 4.78 is 1.69. The number of likely N-dealkylation sites (tertiary alicyclic amines) is 1. The molecule has 0 radical (unpaired) electrons. The molecule has 1 aliphatic heterocycles. The van der Waals surface area contributed by atoms with Crippen LogP contribution in [0.1, 0.15) is 36.7 Å². The number of carbonyl (C=O) groups excluding carboxylic acids is 1. The zero-order valence-corrected chi connectivity index (χ0v) is 13.6. The number of aryl methyl sites for hydroxylation is 2. The summed E-state index contributed by atoms with van der Waals surface area (Å²) in [7, 11) is 0. The van der Waals surface area contributed by atoms with Crippen LogP contribution in [0.15, 0.2) is 30.9 Å². The summed E-state index contributed by atoms with van der Waals surface area (Å²) in [5.74, 6) is 1.03. The minimum Gasteiger partial charge on any atom is -0.340 e. The summed E-state index contributed by atoms with van der Waals surface area (Å²) in [6.45, 7) is 3.41. The normalized spacial score (nSPS) is 17.7. The van der Waals surface area contributed by atoms with Crippen LogP contribution in [0.2, 0.25) is 0 Å². The summed E-state index contributed by atoms with van der Waals surface area (Å²) in [4.78, 5) is 26.6. The maximum Gasteiger partial charge on any atom is 0.225 e. The number of nitrogens with zero attached hydrogens (tertiary/aromatic N) is 5. The first-order valence-electron chi connectivity index (χ1n) is 8.29. The third-order valence-electron chi connectivity index (χ3n) is 4.57. The first-order chi connectivity index (χ1) is 11.7. The van der Waals surface area contributed by atoms with Gasteiger partial charge in [0.25, 0.3) is 0 Å². The van der Waals surface area contributed by atoms with Crippen molar-refractivity contribution >= 4 is 16.9 Å². The van der Waals surface area contributed by atoms with E-state index in [2.05, 4.69) is 34.1 Å². The second-order valence-corrected chi connectivity index (χ2v) is 6.30. The van der Waals surface area contributed by atoms with E-state index in [1.54, 1.807) is 11.0 Å². The summed E-state index contributed by atoms with van der Waals surface area (Å²) in [5.41, 5.74) is 3.19. The first kappa shape index (κ1) is 14.9. The predicted octanol–water partition coefficient (Wildman–Crippen LogP) is 2.22. The van der Waals surface area contributed by atoms with Gasteiger partial charge in [0, 0.05) is 13.0 Å². The van der Waals surface area contributed by atoms with Gasteiger partial charge in [0.15, 0.2) is 0 Å². The Morgan fingerprint density at radius 3 is 3.17 bits per heavy atom. The third-order valence-corrected chi connectivity index (χ3v) is 4.57. The second-order valence-electron chi connectivity index (χ2n) is 6.30. The van der Waals surface area contributed by atoms with Gasteiger partial charge in [-0.1, -0.05) is 6.07 Å². The monoisotopic (exact) mass is 324 g/mol. The fourth-order valence-electron chi connectivity index (χ4n) is 3.35. The molecule has 0 spiro atoms. The maximum absolute atomic E-state index is 12.6. The molecule has 1 aliphatic rings. The molecule has 2 aromatic heterocycles. The summed E-state index contributed by atoms with van der Waals surface area (Å²) in [6.07, 6.45) is 5.51. The number of amides is 1. The number of hydrogen-bond acceptors (Lipinski definition) is 4. The van der Waals surface area contributed by atoms with E-state index >= 15 is 0 Å². The lowest BCUT2D eigenvalue weighted by Gasteiger charge is -2.23. The lowest BCUT2D eigenvalue weighted by molar-refractivity contribution is -0.132. The number of imidazole rings is 1. The van der Waals surface area contributed by atoms with E-state index in [9.17, 15) is 4.79 Å². The van der Waals surface area contributed by atoms with E-state index in [-0.39, 0.29) is 11.9 Å². The van der Waals surface area contributed by atoms with Crippen molar-refractivity contribution < 1.29 is 4.79 Å². The van der Waals surface area contributed by atoms with E-state index in [4.69, 9.17) is 4.98 Å². The Morgan fingerprint density at radius 2 is 2.33 bits per heavy atom. The Balaban J connectivity index is 1.51. The standard InChI is InChI=1S/C17H20N6O/c1-12-4-5-13-14(9-12)21-17(20-13)15-3-2-7-23(15)16(24)6-8-22-11-18-10-19-22/h4-5,9-11,15H,2-3,6-8H2,1H3,(H,20,21). The van der Waals surface area contributed by atoms with Crippen molar-refractivity contribution in [2.45, 2.75) is 38.8 Å². The molecule has 7 nitrogen and oxygen atoms in total. The number of aromatic nitrogens is 5. The fourth-order valence-corrected chi connectivity index (χ4v) is 3.35. The summed E-state index contributed by atoms with van der Waals surface area (Å²) >= 11 is 0. The van der Waals surface area contributed by atoms with Crippen molar-refractivity contribution in [3.63, 3.8) is 0 Å². The topological polar surface area (TPSA) is 79.7 Å². The maximum atomic E-state index is 12.6. The molecule has 1 saturated heterocycles. The van der Waals surface area contributed by atoms with Crippen molar-refractivity contribution in [2.75, 3.05) is 6.54 Å². The fraction of sp³-hybridized carbons (Fsp3) is 0.412. The minimum absolute atomic E-state index is 0.0425. The predicted molar refractivity (Wildman–Crippen MR) is 89.2 cm³/mol. The quantitative estimate of drug-likeness (QED) is 0.798. The van der Waals surface area contributed by atoms with Gasteiger partial charge in [-0.15, -0.1) is 0 Å². The zero-order chi connectivity index (χ0) is 16.5. The van der Waals surface area contributed by atoms with E-state index in [0.29, 0.717) is 13.0 Å². The zero-order valence-electron chi connectivity index (χ0n) is 13.6. The average Bonchev–Trinajstić information content (AvgIpc) is 3.30. The van der Waals surface area contributed by atoms with Gasteiger partial charge in [-0.25, -0.2) is 9.97 Å². The third kappa shape index (κ3) is 2.77. The van der Waals surface area contributed by atoms with Crippen LogP contribution in [-0.2, 0) is 11.3 Å². The minimum atomic E-state index is 0.0425. The van der Waals surface area contributed by atoms with Crippen molar-refractivity contribution in [3.05, 3.63) is 42.2 Å². The largest absolute Gasteiger partial charge is 0.340 e. The first-order valence-corrected chi connectivity index (χ1v) is 8.29. The Bertz CT molecular complexity index is 853. The number of benzene rings is 1. The molecule has 3 aromatic rings. The highest BCUT2D eigenvalue weighted by atomic mass is 16.2. The highest BCUT2D eigenvalue weighted by molar-refractivity contribution is 5.78. The van der Waals surface area contributed by atoms with Crippen LogP contribution >= 0.6 is 0 Å². The van der Waals surface area contributed by atoms with Crippen molar-refractivity contribution in [3.8, 4) is 0 Å². The highest BCUT2D eigenvalue weighted by Gasteiger charge is 2.31. The molecule has 1 fully saturated rings. The van der Waals surface area contributed by atoms with Gasteiger partial charge in [0.05, 0.1) is 23.6 Å². The van der Waals surface area contributed by atoms with Gasteiger partial charge >= 0.3 is 0 Å². The van der Waals surface area contributed by atoms with Crippen molar-refractivity contribution in [1.29, 1.82) is 0 Å². The van der Waals surface area contributed by atoms with Crippen LogP contribution in [0.5, 0.6) is 0 Å². The average molecular weight is 324 g/mol. The van der Waals surface area contributed by atoms with Crippen LogP contribution in [0.25, 0.3) is 11.0 Å². The molecule has 1 aromatic carbocycles. The number of H-pyrrole nitrogens is 1.